The molecule has 3 aliphatic rings. The molecule has 2 aliphatic carbocycles. The van der Waals surface area contributed by atoms with Gasteiger partial charge in [0, 0.05) is 29.9 Å². The van der Waals surface area contributed by atoms with E-state index in [1.54, 1.807) is 0 Å². The molecule has 188 valence electrons. The molecule has 0 saturated heterocycles. The summed E-state index contributed by atoms with van der Waals surface area (Å²) in [5.41, 5.74) is 3.91. The summed E-state index contributed by atoms with van der Waals surface area (Å²) >= 11 is 0. The Kier molecular flexibility index (Phi) is 10.2. The van der Waals surface area contributed by atoms with Gasteiger partial charge in [0.05, 0.1) is 5.92 Å². The average molecular weight is 467 g/mol. The molecule has 4 nitrogen and oxygen atoms in total. The van der Waals surface area contributed by atoms with E-state index in [1.807, 2.05) is 12.2 Å². The number of hydrogen-bond acceptors (Lipinski definition) is 3. The Hall–Kier alpha value is -2.10. The normalized spacial score (nSPS) is 19.7. The van der Waals surface area contributed by atoms with Crippen molar-refractivity contribution >= 4 is 11.8 Å². The molecule has 0 aromatic carbocycles. The third kappa shape index (κ3) is 6.96. The lowest BCUT2D eigenvalue weighted by Crippen LogP contribution is -2.48. The second-order valence-electron chi connectivity index (χ2n) is 11.1. The van der Waals surface area contributed by atoms with Crippen molar-refractivity contribution in [3.63, 3.8) is 0 Å². The topological polar surface area (TPSA) is 49.4 Å². The van der Waals surface area contributed by atoms with Crippen LogP contribution < -0.4 is 5.32 Å². The Labute approximate surface area is 207 Å². The van der Waals surface area contributed by atoms with E-state index >= 15 is 0 Å². The van der Waals surface area contributed by atoms with Crippen LogP contribution in [0, 0.1) is 17.8 Å². The van der Waals surface area contributed by atoms with E-state index in [-0.39, 0.29) is 17.7 Å². The quantitative estimate of drug-likeness (QED) is 0.212. The Bertz CT molecular complexity index is 844. The first kappa shape index (κ1) is 26.5. The van der Waals surface area contributed by atoms with E-state index in [1.165, 1.54) is 49.8 Å². The van der Waals surface area contributed by atoms with Crippen molar-refractivity contribution in [2.75, 3.05) is 13.1 Å². The minimum absolute atomic E-state index is 0.0424. The zero-order valence-corrected chi connectivity index (χ0v) is 22.0. The number of nitrogens with zero attached hydrogens (tertiary/aromatic N) is 1. The first-order valence-corrected chi connectivity index (χ1v) is 13.8. The van der Waals surface area contributed by atoms with Crippen LogP contribution in [-0.2, 0) is 9.59 Å². The number of amides is 2. The number of carbonyl (C=O) groups excluding carboxylic acids is 2. The van der Waals surface area contributed by atoms with Crippen LogP contribution in [0.4, 0.5) is 0 Å². The molecule has 1 atom stereocenters. The summed E-state index contributed by atoms with van der Waals surface area (Å²) < 4.78 is 0. The fourth-order valence-corrected chi connectivity index (χ4v) is 5.27. The third-order valence-electron chi connectivity index (χ3n) is 7.27. The van der Waals surface area contributed by atoms with Gasteiger partial charge in [0.25, 0.3) is 5.91 Å². The predicted octanol–water partition coefficient (Wildman–Crippen LogP) is 6.85. The van der Waals surface area contributed by atoms with Crippen molar-refractivity contribution in [2.24, 2.45) is 17.8 Å². The van der Waals surface area contributed by atoms with Crippen LogP contribution in [0.3, 0.4) is 0 Å². The SMILES string of the molecule is CC(C)CCCCCCNC1=CCC2=C3C1=CC=C[C@@H]3C(=O)N(CCCCCCC(C)C)C2=O. The fraction of sp³-hybridized carbons (Fsp3) is 0.667. The number of nitrogens with one attached hydrogen (secondary N) is 1. The lowest BCUT2D eigenvalue weighted by molar-refractivity contribution is -0.145. The lowest BCUT2D eigenvalue weighted by atomic mass is 9.76. The van der Waals surface area contributed by atoms with Gasteiger partial charge < -0.3 is 5.32 Å². The van der Waals surface area contributed by atoms with E-state index in [0.29, 0.717) is 13.0 Å². The van der Waals surface area contributed by atoms with E-state index in [0.717, 1.165) is 60.1 Å². The van der Waals surface area contributed by atoms with Crippen molar-refractivity contribution in [3.05, 3.63) is 46.7 Å². The fourth-order valence-electron chi connectivity index (χ4n) is 5.27. The van der Waals surface area contributed by atoms with Gasteiger partial charge in [-0.3, -0.25) is 14.5 Å². The Balaban J connectivity index is 1.53. The van der Waals surface area contributed by atoms with Crippen LogP contribution in [0.2, 0.25) is 0 Å². The number of hydrogen-bond donors (Lipinski definition) is 1. The molecule has 0 bridgehead atoms. The molecule has 34 heavy (non-hydrogen) atoms. The van der Waals surface area contributed by atoms with Gasteiger partial charge in [-0.15, -0.1) is 0 Å². The molecule has 0 saturated carbocycles. The van der Waals surface area contributed by atoms with Gasteiger partial charge in [0.15, 0.2) is 0 Å². The highest BCUT2D eigenvalue weighted by molar-refractivity contribution is 6.12. The van der Waals surface area contributed by atoms with Gasteiger partial charge in [-0.05, 0) is 36.7 Å². The second-order valence-corrected chi connectivity index (χ2v) is 11.1. The van der Waals surface area contributed by atoms with Crippen molar-refractivity contribution < 1.29 is 9.59 Å². The Morgan fingerprint density at radius 1 is 0.912 bits per heavy atom. The molecule has 4 heteroatoms. The zero-order valence-electron chi connectivity index (χ0n) is 22.0. The molecule has 2 amide bonds. The Morgan fingerprint density at radius 2 is 1.56 bits per heavy atom. The maximum absolute atomic E-state index is 13.3. The Morgan fingerprint density at radius 3 is 2.24 bits per heavy atom. The molecule has 3 rings (SSSR count). The maximum atomic E-state index is 13.3. The van der Waals surface area contributed by atoms with Crippen LogP contribution in [-0.4, -0.2) is 29.8 Å². The molecule has 1 N–H and O–H groups in total. The molecule has 0 aromatic heterocycles. The van der Waals surface area contributed by atoms with Crippen molar-refractivity contribution in [2.45, 2.75) is 98.3 Å². The standard InChI is InChI=1S/C30H46N2O2/c1-22(2)14-9-5-7-11-20-31-27-19-18-26-28-24(27)16-13-17-25(28)29(33)32(30(26)34)21-12-8-6-10-15-23(3)4/h13,16-17,19,22-23,25,31H,5-12,14-15,18,20-21H2,1-4H3/t25-/m0/s1. The minimum atomic E-state index is -0.310. The molecule has 1 aliphatic heterocycles. The summed E-state index contributed by atoms with van der Waals surface area (Å²) in [6.07, 6.45) is 20.7. The molecule has 0 spiro atoms. The predicted molar refractivity (Wildman–Crippen MR) is 141 cm³/mol. The summed E-state index contributed by atoms with van der Waals surface area (Å²) in [4.78, 5) is 28.1. The third-order valence-corrected chi connectivity index (χ3v) is 7.27. The van der Waals surface area contributed by atoms with Crippen molar-refractivity contribution in [3.8, 4) is 0 Å². The van der Waals surface area contributed by atoms with Crippen molar-refractivity contribution in [1.29, 1.82) is 0 Å². The highest BCUT2D eigenvalue weighted by atomic mass is 16.2. The molecule has 0 radical (unpaired) electrons. The number of imide groups is 1. The first-order chi connectivity index (χ1) is 16.4. The molecule has 1 heterocycles. The number of carbonyl (C=O) groups is 2. The zero-order chi connectivity index (χ0) is 24.5. The molecule has 0 unspecified atom stereocenters. The van der Waals surface area contributed by atoms with E-state index in [9.17, 15) is 9.59 Å². The molecular formula is C30H46N2O2. The van der Waals surface area contributed by atoms with Gasteiger partial charge in [-0.2, -0.15) is 0 Å². The number of allylic oxidation sites excluding steroid dienone is 4. The summed E-state index contributed by atoms with van der Waals surface area (Å²) in [6.45, 7) is 10.6. The number of rotatable bonds is 15. The monoisotopic (exact) mass is 466 g/mol. The van der Waals surface area contributed by atoms with Crippen LogP contribution in [0.25, 0.3) is 0 Å². The highest BCUT2D eigenvalue weighted by Gasteiger charge is 2.42. The van der Waals surface area contributed by atoms with Gasteiger partial charge >= 0.3 is 0 Å². The minimum Gasteiger partial charge on any atom is -0.385 e. The lowest BCUT2D eigenvalue weighted by Gasteiger charge is -2.38. The second kappa shape index (κ2) is 13.1. The summed E-state index contributed by atoms with van der Waals surface area (Å²) in [5.74, 6) is 1.11. The van der Waals surface area contributed by atoms with Gasteiger partial charge in [-0.1, -0.05) is 103 Å². The van der Waals surface area contributed by atoms with E-state index in [4.69, 9.17) is 0 Å². The molecular weight excluding hydrogens is 420 g/mol. The first-order valence-electron chi connectivity index (χ1n) is 13.8. The highest BCUT2D eigenvalue weighted by Crippen LogP contribution is 2.41. The van der Waals surface area contributed by atoms with Crippen molar-refractivity contribution in [1.82, 2.24) is 10.2 Å². The van der Waals surface area contributed by atoms with Crippen LogP contribution >= 0.6 is 0 Å². The smallest absolute Gasteiger partial charge is 0.257 e. The molecule has 0 fully saturated rings. The van der Waals surface area contributed by atoms with Crippen LogP contribution in [0.5, 0.6) is 0 Å². The van der Waals surface area contributed by atoms with Crippen LogP contribution in [0.1, 0.15) is 98.3 Å². The average Bonchev–Trinajstić information content (AvgIpc) is 2.80. The number of unbranched alkanes of at least 4 members (excludes halogenated alkanes) is 6. The van der Waals surface area contributed by atoms with Gasteiger partial charge in [0.1, 0.15) is 0 Å². The van der Waals surface area contributed by atoms with Crippen LogP contribution in [0.15, 0.2) is 46.7 Å². The van der Waals surface area contributed by atoms with E-state index < -0.39 is 0 Å². The summed E-state index contributed by atoms with van der Waals surface area (Å²) in [7, 11) is 0. The maximum Gasteiger partial charge on any atom is 0.257 e. The summed E-state index contributed by atoms with van der Waals surface area (Å²) in [6, 6.07) is 0. The molecule has 0 aromatic rings. The van der Waals surface area contributed by atoms with Gasteiger partial charge in [0.2, 0.25) is 5.91 Å². The van der Waals surface area contributed by atoms with E-state index in [2.05, 4.69) is 45.2 Å². The largest absolute Gasteiger partial charge is 0.385 e. The van der Waals surface area contributed by atoms with Gasteiger partial charge in [-0.25, -0.2) is 0 Å². The summed E-state index contributed by atoms with van der Waals surface area (Å²) in [5, 5.41) is 3.60.